The molecule has 0 radical (unpaired) electrons. The van der Waals surface area contributed by atoms with Gasteiger partial charge in [-0.05, 0) is 70.6 Å². The summed E-state index contributed by atoms with van der Waals surface area (Å²) in [6.07, 6.45) is 6.36. The second-order valence-electron chi connectivity index (χ2n) is 17.6. The van der Waals surface area contributed by atoms with Gasteiger partial charge in [0.25, 0.3) is 0 Å². The molecule has 2 aliphatic rings. The molecule has 2 heterocycles. The molecule has 9 N–H and O–H groups in total. The molecule has 10 unspecified atom stereocenters. The van der Waals surface area contributed by atoms with Crippen LogP contribution in [-0.2, 0) is 42.9 Å². The van der Waals surface area contributed by atoms with Crippen LogP contribution in [-0.4, -0.2) is 163 Å². The minimum Gasteiger partial charge on any atom is -0.394 e. The second kappa shape index (κ2) is 38.5. The highest BCUT2D eigenvalue weighted by molar-refractivity contribution is 5.89. The van der Waals surface area contributed by atoms with Gasteiger partial charge < -0.3 is 70.3 Å². The Morgan fingerprint density at radius 3 is 1.38 bits per heavy atom. The summed E-state index contributed by atoms with van der Waals surface area (Å²) in [7, 11) is 1.70. The predicted octanol–water partition coefficient (Wildman–Crippen LogP) is 3.32. The average Bonchev–Trinajstić information content (AvgIpc) is 3.31. The fraction of sp³-hybridized carbons (Fsp3) is 0.917. The summed E-state index contributed by atoms with van der Waals surface area (Å²) in [5.74, 6) is -1.20. The van der Waals surface area contributed by atoms with Gasteiger partial charge in [-0.1, -0.05) is 66.2 Å². The fourth-order valence-electron chi connectivity index (χ4n) is 7.87. The maximum Gasteiger partial charge on any atom is 0.220 e. The molecule has 66 heavy (non-hydrogen) atoms. The van der Waals surface area contributed by atoms with Crippen LogP contribution in [0, 0.1) is 11.8 Å². The molecule has 0 aliphatic carbocycles. The van der Waals surface area contributed by atoms with Crippen molar-refractivity contribution >= 4 is 23.5 Å². The Kier molecular flexibility index (Phi) is 36.0. The molecule has 3 amide bonds. The van der Waals surface area contributed by atoms with Gasteiger partial charge in [0.05, 0.1) is 31.5 Å². The van der Waals surface area contributed by atoms with Gasteiger partial charge in [-0.3, -0.25) is 19.2 Å². The van der Waals surface area contributed by atoms with E-state index in [1.165, 1.54) is 0 Å². The summed E-state index contributed by atoms with van der Waals surface area (Å²) in [5, 5.41) is 68.2. The molecule has 2 aliphatic heterocycles. The zero-order valence-corrected chi connectivity index (χ0v) is 41.0. The Morgan fingerprint density at radius 2 is 0.909 bits per heavy atom. The quantitative estimate of drug-likeness (QED) is 0.0405. The normalized spacial score (nSPS) is 25.6. The molecule has 2 saturated heterocycles. The monoisotopic (exact) mass is 950 g/mol. The highest BCUT2D eigenvalue weighted by atomic mass is 16.7. The zero-order chi connectivity index (χ0) is 49.1. The fourth-order valence-corrected chi connectivity index (χ4v) is 7.87. The number of Topliss-reactive ketones (excluding diaryl/α,β-unsaturated/α-hetero) is 1. The standard InChI is InChI=1S/C46H85N3O15.C2H6/c1-32-41(56)43(58)36(30-50)63-45(32)61-28-18-8-12-23-39(54)48-26-16-14-20-34(35(52)21-10-4-5-11-22-38(53)47-25-15-6-7-17-27-60-3)49-40(55)24-13-9-19-29-62-46-33(2)42(57)44(59)37(31-51)64-46;1-2/h32-34,36-37,41-46,50-51,56-59H,4-31H2,1-3H3,(H,47,53)(H,48,54)(H,49,55);1-2H3/t32?,33?,34-,36?,37?,41?,42?,43?,44?,45?,46?;/m0./s1. The van der Waals surface area contributed by atoms with E-state index in [1.807, 2.05) is 13.8 Å². The van der Waals surface area contributed by atoms with Crippen molar-refractivity contribution in [2.75, 3.05) is 53.2 Å². The molecule has 18 nitrogen and oxygen atoms in total. The van der Waals surface area contributed by atoms with E-state index in [2.05, 4.69) is 16.0 Å². The van der Waals surface area contributed by atoms with E-state index in [1.54, 1.807) is 21.0 Å². The van der Waals surface area contributed by atoms with Crippen LogP contribution in [0.3, 0.4) is 0 Å². The van der Waals surface area contributed by atoms with Crippen molar-refractivity contribution in [3.05, 3.63) is 0 Å². The van der Waals surface area contributed by atoms with Crippen LogP contribution < -0.4 is 16.0 Å². The molecule has 11 atom stereocenters. The molecule has 0 bridgehead atoms. The molecule has 388 valence electrons. The molecule has 18 heteroatoms. The highest BCUT2D eigenvalue weighted by Crippen LogP contribution is 2.28. The lowest BCUT2D eigenvalue weighted by Crippen LogP contribution is -2.55. The summed E-state index contributed by atoms with van der Waals surface area (Å²) in [6.45, 7) is 9.10. The summed E-state index contributed by atoms with van der Waals surface area (Å²) in [4.78, 5) is 51.1. The van der Waals surface area contributed by atoms with Gasteiger partial charge in [0, 0.05) is 77.5 Å². The summed E-state index contributed by atoms with van der Waals surface area (Å²) < 4.78 is 27.8. The van der Waals surface area contributed by atoms with E-state index in [0.29, 0.717) is 103 Å². The molecule has 0 spiro atoms. The smallest absolute Gasteiger partial charge is 0.220 e. The summed E-state index contributed by atoms with van der Waals surface area (Å²) in [5.41, 5.74) is 0. The number of aliphatic hydroxyl groups excluding tert-OH is 6. The van der Waals surface area contributed by atoms with Crippen LogP contribution in [0.1, 0.15) is 163 Å². The number of carbonyl (C=O) groups is 4. The van der Waals surface area contributed by atoms with Gasteiger partial charge in [-0.15, -0.1) is 0 Å². The van der Waals surface area contributed by atoms with Crippen molar-refractivity contribution in [3.8, 4) is 0 Å². The first-order valence-electron chi connectivity index (χ1n) is 25.2. The number of nitrogens with one attached hydrogen (secondary N) is 3. The van der Waals surface area contributed by atoms with Crippen molar-refractivity contribution < 1.29 is 73.5 Å². The van der Waals surface area contributed by atoms with Crippen LogP contribution in [0.25, 0.3) is 0 Å². The molecule has 2 fully saturated rings. The Hall–Kier alpha value is -2.36. The first-order valence-corrected chi connectivity index (χ1v) is 25.2. The maximum atomic E-state index is 13.4. The predicted molar refractivity (Wildman–Crippen MR) is 249 cm³/mol. The number of ketones is 1. The number of ether oxygens (including phenoxy) is 5. The number of methoxy groups -OCH3 is 1. The van der Waals surface area contributed by atoms with Crippen molar-refractivity contribution in [1.29, 1.82) is 0 Å². The SMILES string of the molecule is CC.COCCCCCCNC(=O)CCCCCCC(=O)[C@H](CCCCNC(=O)CCCCCOC1OC(CO)C(O)C(O)C1C)NC(=O)CCCCCOC1OC(CO)C(O)C(O)C1C. The average molecular weight is 950 g/mol. The largest absolute Gasteiger partial charge is 0.394 e. The Bertz CT molecular complexity index is 1260. The van der Waals surface area contributed by atoms with Gasteiger partial charge >= 0.3 is 0 Å². The first-order chi connectivity index (χ1) is 31.8. The van der Waals surface area contributed by atoms with E-state index >= 15 is 0 Å². The van der Waals surface area contributed by atoms with Gasteiger partial charge in [0.15, 0.2) is 18.4 Å². The topological polar surface area (TPSA) is 272 Å². The van der Waals surface area contributed by atoms with Crippen molar-refractivity contribution in [2.45, 2.75) is 218 Å². The van der Waals surface area contributed by atoms with E-state index < -0.39 is 80.3 Å². The van der Waals surface area contributed by atoms with E-state index in [9.17, 15) is 49.8 Å². The third-order valence-electron chi connectivity index (χ3n) is 12.2. The van der Waals surface area contributed by atoms with Gasteiger partial charge in [-0.2, -0.15) is 0 Å². The maximum absolute atomic E-state index is 13.4. The van der Waals surface area contributed by atoms with Gasteiger partial charge in [-0.25, -0.2) is 0 Å². The van der Waals surface area contributed by atoms with Crippen LogP contribution in [0.4, 0.5) is 0 Å². The van der Waals surface area contributed by atoms with E-state index in [0.717, 1.165) is 58.0 Å². The lowest BCUT2D eigenvalue weighted by atomic mass is 9.92. The second-order valence-corrected chi connectivity index (χ2v) is 17.6. The number of hydrogen-bond acceptors (Lipinski definition) is 15. The molecular weight excluding hydrogens is 859 g/mol. The van der Waals surface area contributed by atoms with Crippen molar-refractivity contribution in [2.24, 2.45) is 11.8 Å². The van der Waals surface area contributed by atoms with Crippen LogP contribution in [0.15, 0.2) is 0 Å². The molecule has 0 aromatic carbocycles. The van der Waals surface area contributed by atoms with Gasteiger partial charge in [0.2, 0.25) is 17.7 Å². The summed E-state index contributed by atoms with van der Waals surface area (Å²) in [6, 6.07) is -0.634. The zero-order valence-electron chi connectivity index (χ0n) is 41.0. The third kappa shape index (κ3) is 25.8. The minimum absolute atomic E-state index is 0.0282. The van der Waals surface area contributed by atoms with Crippen LogP contribution in [0.2, 0.25) is 0 Å². The van der Waals surface area contributed by atoms with Crippen LogP contribution >= 0.6 is 0 Å². The number of hydrogen-bond donors (Lipinski definition) is 9. The number of aliphatic hydroxyl groups is 6. The van der Waals surface area contributed by atoms with E-state index in [-0.39, 0.29) is 29.9 Å². The Labute approximate surface area is 395 Å². The number of unbranched alkanes of at least 4 members (excludes halogenated alkanes) is 11. The lowest BCUT2D eigenvalue weighted by Gasteiger charge is -2.40. The minimum atomic E-state index is -1.19. The van der Waals surface area contributed by atoms with Gasteiger partial charge in [0.1, 0.15) is 24.4 Å². The van der Waals surface area contributed by atoms with E-state index in [4.69, 9.17) is 23.7 Å². The molecule has 0 saturated carbocycles. The highest BCUT2D eigenvalue weighted by Gasteiger charge is 2.43. The number of amides is 3. The third-order valence-corrected chi connectivity index (χ3v) is 12.2. The number of rotatable bonds is 37. The lowest BCUT2D eigenvalue weighted by molar-refractivity contribution is -0.282. The Morgan fingerprint density at radius 1 is 0.515 bits per heavy atom. The number of carbonyl (C=O) groups excluding carboxylic acids is 4. The van der Waals surface area contributed by atoms with Crippen LogP contribution in [0.5, 0.6) is 0 Å². The molecule has 2 rings (SSSR count). The van der Waals surface area contributed by atoms with Crippen molar-refractivity contribution in [1.82, 2.24) is 16.0 Å². The first kappa shape index (κ1) is 61.7. The summed E-state index contributed by atoms with van der Waals surface area (Å²) >= 11 is 0. The Balaban J connectivity index is 0.0000107. The molecule has 0 aromatic heterocycles. The molecule has 0 aromatic rings. The molecular formula is C48H91N3O15. The van der Waals surface area contributed by atoms with Crippen molar-refractivity contribution in [3.63, 3.8) is 0 Å².